The second kappa shape index (κ2) is 5.63. The number of aromatic hydroxyl groups is 1. The number of nitrogens with one attached hydrogen (secondary N) is 1. The molecule has 0 radical (unpaired) electrons. The normalized spacial score (nSPS) is 10.2. The number of carbonyl (C=O) groups excluding carboxylic acids is 1. The highest BCUT2D eigenvalue weighted by molar-refractivity contribution is 6.32. The topological polar surface area (TPSA) is 75.4 Å². The molecule has 0 aliphatic heterocycles. The molecule has 0 unspecified atom stereocenters. The van der Waals surface area contributed by atoms with Gasteiger partial charge in [0.05, 0.1) is 5.02 Å². The summed E-state index contributed by atoms with van der Waals surface area (Å²) >= 11 is 5.82. The SMILES string of the molecule is NC(=O)c1cccc(NCc2cccc(Cl)c2O)c1. The predicted octanol–water partition coefficient (Wildman–Crippen LogP) is 2.76. The molecule has 98 valence electrons. The number of carbonyl (C=O) groups is 1. The molecule has 0 aliphatic rings. The van der Waals surface area contributed by atoms with Gasteiger partial charge in [-0.3, -0.25) is 4.79 Å². The first-order valence-electron chi connectivity index (χ1n) is 5.68. The first-order chi connectivity index (χ1) is 9.08. The molecule has 2 aromatic rings. The minimum atomic E-state index is -0.478. The average molecular weight is 277 g/mol. The number of phenolic OH excluding ortho intramolecular Hbond substituents is 1. The van der Waals surface area contributed by atoms with Gasteiger partial charge in [0.1, 0.15) is 5.75 Å². The van der Waals surface area contributed by atoms with Crippen LogP contribution >= 0.6 is 11.6 Å². The summed E-state index contributed by atoms with van der Waals surface area (Å²) in [4.78, 5) is 11.1. The van der Waals surface area contributed by atoms with Crippen LogP contribution in [-0.4, -0.2) is 11.0 Å². The van der Waals surface area contributed by atoms with Crippen LogP contribution in [0.1, 0.15) is 15.9 Å². The molecular weight excluding hydrogens is 264 g/mol. The van der Waals surface area contributed by atoms with Gasteiger partial charge < -0.3 is 16.2 Å². The van der Waals surface area contributed by atoms with Crippen LogP contribution in [0.4, 0.5) is 5.69 Å². The summed E-state index contributed by atoms with van der Waals surface area (Å²) in [6, 6.07) is 12.0. The maximum Gasteiger partial charge on any atom is 0.248 e. The standard InChI is InChI=1S/C14H13ClN2O2/c15-12-6-2-4-10(13(12)18)8-17-11-5-1-3-9(7-11)14(16)19/h1-7,17-18H,8H2,(H2,16,19). The molecule has 0 bridgehead atoms. The fourth-order valence-electron chi connectivity index (χ4n) is 1.68. The van der Waals surface area contributed by atoms with Crippen LogP contribution in [0.3, 0.4) is 0 Å². The molecule has 5 heteroatoms. The van der Waals surface area contributed by atoms with Gasteiger partial charge in [-0.25, -0.2) is 0 Å². The predicted molar refractivity (Wildman–Crippen MR) is 75.4 cm³/mol. The smallest absolute Gasteiger partial charge is 0.248 e. The Labute approximate surface area is 115 Å². The quantitative estimate of drug-likeness (QED) is 0.804. The van der Waals surface area contributed by atoms with Gasteiger partial charge >= 0.3 is 0 Å². The zero-order chi connectivity index (χ0) is 13.8. The summed E-state index contributed by atoms with van der Waals surface area (Å²) in [5.41, 5.74) is 7.06. The van der Waals surface area contributed by atoms with E-state index in [1.807, 2.05) is 6.07 Å². The van der Waals surface area contributed by atoms with E-state index < -0.39 is 5.91 Å². The third kappa shape index (κ3) is 3.17. The van der Waals surface area contributed by atoms with E-state index in [1.54, 1.807) is 36.4 Å². The van der Waals surface area contributed by atoms with Crippen LogP contribution in [0.2, 0.25) is 5.02 Å². The Balaban J connectivity index is 2.12. The summed E-state index contributed by atoms with van der Waals surface area (Å²) in [5, 5.41) is 13.2. The molecule has 0 heterocycles. The number of hydrogen-bond acceptors (Lipinski definition) is 3. The number of anilines is 1. The van der Waals surface area contributed by atoms with Crippen molar-refractivity contribution in [2.24, 2.45) is 5.73 Å². The Morgan fingerprint density at radius 1 is 1.26 bits per heavy atom. The Morgan fingerprint density at radius 2 is 2.00 bits per heavy atom. The zero-order valence-electron chi connectivity index (χ0n) is 10.1. The average Bonchev–Trinajstić information content (AvgIpc) is 2.41. The lowest BCUT2D eigenvalue weighted by atomic mass is 10.1. The maximum atomic E-state index is 11.1. The van der Waals surface area contributed by atoms with E-state index in [-0.39, 0.29) is 5.75 Å². The minimum absolute atomic E-state index is 0.0581. The Kier molecular flexibility index (Phi) is 3.92. The van der Waals surface area contributed by atoms with E-state index in [0.717, 1.165) is 5.69 Å². The maximum absolute atomic E-state index is 11.1. The Morgan fingerprint density at radius 3 is 2.74 bits per heavy atom. The van der Waals surface area contributed by atoms with Gasteiger partial charge in [0.25, 0.3) is 0 Å². The fourth-order valence-corrected chi connectivity index (χ4v) is 1.88. The highest BCUT2D eigenvalue weighted by Gasteiger charge is 2.05. The van der Waals surface area contributed by atoms with Crippen LogP contribution < -0.4 is 11.1 Å². The van der Waals surface area contributed by atoms with E-state index in [1.165, 1.54) is 0 Å². The van der Waals surface area contributed by atoms with Gasteiger partial charge in [-0.15, -0.1) is 0 Å². The van der Waals surface area contributed by atoms with Crippen LogP contribution in [0, 0.1) is 0 Å². The second-order valence-corrected chi connectivity index (χ2v) is 4.45. The van der Waals surface area contributed by atoms with E-state index in [9.17, 15) is 9.90 Å². The van der Waals surface area contributed by atoms with Crippen molar-refractivity contribution in [3.05, 3.63) is 58.6 Å². The Bertz CT molecular complexity index is 614. The number of benzene rings is 2. The highest BCUT2D eigenvalue weighted by atomic mass is 35.5. The van der Waals surface area contributed by atoms with Gasteiger partial charge in [0.15, 0.2) is 0 Å². The highest BCUT2D eigenvalue weighted by Crippen LogP contribution is 2.27. The van der Waals surface area contributed by atoms with Gasteiger partial charge in [0, 0.05) is 23.4 Å². The first kappa shape index (κ1) is 13.2. The number of phenols is 1. The largest absolute Gasteiger partial charge is 0.506 e. The molecule has 0 spiro atoms. The molecule has 1 amide bonds. The molecule has 0 atom stereocenters. The lowest BCUT2D eigenvalue weighted by Crippen LogP contribution is -2.11. The molecular formula is C14H13ClN2O2. The zero-order valence-corrected chi connectivity index (χ0v) is 10.8. The fraction of sp³-hybridized carbons (Fsp3) is 0.0714. The van der Waals surface area contributed by atoms with Crippen molar-refractivity contribution in [2.45, 2.75) is 6.54 Å². The molecule has 0 saturated heterocycles. The third-order valence-corrected chi connectivity index (χ3v) is 3.01. The molecule has 0 fully saturated rings. The molecule has 0 saturated carbocycles. The number of hydrogen-bond donors (Lipinski definition) is 3. The van der Waals surface area contributed by atoms with Crippen molar-refractivity contribution >= 4 is 23.2 Å². The minimum Gasteiger partial charge on any atom is -0.506 e. The number of rotatable bonds is 4. The van der Waals surface area contributed by atoms with Crippen molar-refractivity contribution in [3.63, 3.8) is 0 Å². The summed E-state index contributed by atoms with van der Waals surface area (Å²) in [6.45, 7) is 0.397. The van der Waals surface area contributed by atoms with Gasteiger partial charge in [-0.1, -0.05) is 29.8 Å². The molecule has 19 heavy (non-hydrogen) atoms. The van der Waals surface area contributed by atoms with Crippen molar-refractivity contribution in [1.82, 2.24) is 0 Å². The molecule has 4 N–H and O–H groups in total. The number of nitrogens with two attached hydrogens (primary N) is 1. The van der Waals surface area contributed by atoms with Crippen molar-refractivity contribution in [3.8, 4) is 5.75 Å². The number of para-hydroxylation sites is 1. The van der Waals surface area contributed by atoms with Crippen LogP contribution in [0.5, 0.6) is 5.75 Å². The summed E-state index contributed by atoms with van der Waals surface area (Å²) < 4.78 is 0. The van der Waals surface area contributed by atoms with Crippen molar-refractivity contribution in [1.29, 1.82) is 0 Å². The molecule has 2 rings (SSSR count). The first-order valence-corrected chi connectivity index (χ1v) is 6.06. The van der Waals surface area contributed by atoms with E-state index in [0.29, 0.717) is 22.7 Å². The molecule has 4 nitrogen and oxygen atoms in total. The third-order valence-electron chi connectivity index (χ3n) is 2.70. The summed E-state index contributed by atoms with van der Waals surface area (Å²) in [6.07, 6.45) is 0. The van der Waals surface area contributed by atoms with Crippen molar-refractivity contribution < 1.29 is 9.90 Å². The van der Waals surface area contributed by atoms with Crippen LogP contribution in [0.25, 0.3) is 0 Å². The Hall–Kier alpha value is -2.20. The number of primary amides is 1. The lowest BCUT2D eigenvalue weighted by molar-refractivity contribution is 0.100. The van der Waals surface area contributed by atoms with Gasteiger partial charge in [-0.2, -0.15) is 0 Å². The van der Waals surface area contributed by atoms with E-state index >= 15 is 0 Å². The lowest BCUT2D eigenvalue weighted by Gasteiger charge is -2.09. The van der Waals surface area contributed by atoms with E-state index in [4.69, 9.17) is 17.3 Å². The monoisotopic (exact) mass is 276 g/mol. The number of halogens is 1. The second-order valence-electron chi connectivity index (χ2n) is 4.05. The number of amides is 1. The van der Waals surface area contributed by atoms with Gasteiger partial charge in [0.2, 0.25) is 5.91 Å². The molecule has 0 aliphatic carbocycles. The van der Waals surface area contributed by atoms with E-state index in [2.05, 4.69) is 5.32 Å². The van der Waals surface area contributed by atoms with Crippen LogP contribution in [-0.2, 0) is 6.54 Å². The summed E-state index contributed by atoms with van der Waals surface area (Å²) in [7, 11) is 0. The molecule has 2 aromatic carbocycles. The molecule has 0 aromatic heterocycles. The summed E-state index contributed by atoms with van der Waals surface area (Å²) in [5.74, 6) is -0.419. The van der Waals surface area contributed by atoms with Gasteiger partial charge in [-0.05, 0) is 24.3 Å². The van der Waals surface area contributed by atoms with Crippen molar-refractivity contribution in [2.75, 3.05) is 5.32 Å². The van der Waals surface area contributed by atoms with Crippen LogP contribution in [0.15, 0.2) is 42.5 Å².